The third kappa shape index (κ3) is 2.78. The molecule has 0 radical (unpaired) electrons. The smallest absolute Gasteiger partial charge is 0.0186 e. The highest BCUT2D eigenvalue weighted by molar-refractivity contribution is 7.99. The van der Waals surface area contributed by atoms with Crippen molar-refractivity contribution in [3.8, 4) is 0 Å². The topological polar surface area (TPSA) is 0 Å². The Hall–Kier alpha value is -1.21. The van der Waals surface area contributed by atoms with Gasteiger partial charge in [0.05, 0.1) is 0 Å². The van der Waals surface area contributed by atoms with E-state index in [9.17, 15) is 0 Å². The molecular formula is C19H24S. The van der Waals surface area contributed by atoms with Crippen LogP contribution in [0.5, 0.6) is 0 Å². The van der Waals surface area contributed by atoms with Gasteiger partial charge in [-0.3, -0.25) is 0 Å². The Morgan fingerprint density at radius 3 is 1.45 bits per heavy atom. The molecule has 0 heterocycles. The monoisotopic (exact) mass is 284 g/mol. The van der Waals surface area contributed by atoms with Gasteiger partial charge in [-0.05, 0) is 81.8 Å². The molecule has 0 aliphatic carbocycles. The summed E-state index contributed by atoms with van der Waals surface area (Å²) in [4.78, 5) is 2.84. The lowest BCUT2D eigenvalue weighted by Gasteiger charge is -2.17. The van der Waals surface area contributed by atoms with Crippen LogP contribution in [0.15, 0.2) is 28.0 Å². The molecule has 2 aromatic rings. The number of hydrogen-bond acceptors (Lipinski definition) is 1. The van der Waals surface area contributed by atoms with Gasteiger partial charge >= 0.3 is 0 Å². The van der Waals surface area contributed by atoms with Crippen LogP contribution in [0, 0.1) is 48.5 Å². The van der Waals surface area contributed by atoms with E-state index >= 15 is 0 Å². The molecule has 2 rings (SSSR count). The van der Waals surface area contributed by atoms with Crippen LogP contribution < -0.4 is 0 Å². The molecule has 0 bridgehead atoms. The molecule has 0 aromatic heterocycles. The fourth-order valence-electron chi connectivity index (χ4n) is 2.76. The molecule has 0 spiro atoms. The first-order chi connectivity index (χ1) is 9.31. The van der Waals surface area contributed by atoms with E-state index in [1.165, 1.54) is 48.7 Å². The predicted octanol–water partition coefficient (Wildman–Crippen LogP) is 6.00. The van der Waals surface area contributed by atoms with Crippen LogP contribution in [0.4, 0.5) is 0 Å². The Labute approximate surface area is 127 Å². The van der Waals surface area contributed by atoms with Crippen LogP contribution in [0.2, 0.25) is 0 Å². The summed E-state index contributed by atoms with van der Waals surface area (Å²) in [5.41, 5.74) is 9.71. The standard InChI is InChI=1S/C19H24S/c1-11-8-14(4)18(15(5)9-11)20-19-16(6)12(2)10-13(3)17(19)7/h8-10H,1-7H3. The molecule has 2 aromatic carbocycles. The molecule has 0 atom stereocenters. The van der Waals surface area contributed by atoms with Gasteiger partial charge in [-0.2, -0.15) is 0 Å². The minimum atomic E-state index is 1.35. The third-order valence-corrected chi connectivity index (χ3v) is 5.77. The lowest BCUT2D eigenvalue weighted by molar-refractivity contribution is 1.12. The van der Waals surface area contributed by atoms with Gasteiger partial charge in [0.2, 0.25) is 0 Å². The predicted molar refractivity (Wildman–Crippen MR) is 90.2 cm³/mol. The normalized spacial score (nSPS) is 10.9. The summed E-state index contributed by atoms with van der Waals surface area (Å²) in [6.45, 7) is 15.5. The van der Waals surface area contributed by atoms with Crippen molar-refractivity contribution in [1.29, 1.82) is 0 Å². The molecule has 0 aliphatic heterocycles. The van der Waals surface area contributed by atoms with Crippen molar-refractivity contribution in [1.82, 2.24) is 0 Å². The van der Waals surface area contributed by atoms with E-state index in [1.54, 1.807) is 0 Å². The van der Waals surface area contributed by atoms with Gasteiger partial charge < -0.3 is 0 Å². The molecule has 0 unspecified atom stereocenters. The largest absolute Gasteiger partial charge is 0.0890 e. The van der Waals surface area contributed by atoms with E-state index in [-0.39, 0.29) is 0 Å². The fourth-order valence-corrected chi connectivity index (χ4v) is 4.04. The molecule has 0 amide bonds. The van der Waals surface area contributed by atoms with Crippen molar-refractivity contribution in [3.63, 3.8) is 0 Å². The fraction of sp³-hybridized carbons (Fsp3) is 0.368. The third-order valence-electron chi connectivity index (χ3n) is 4.11. The quantitative estimate of drug-likeness (QED) is 0.652. The van der Waals surface area contributed by atoms with Gasteiger partial charge in [-0.15, -0.1) is 0 Å². The maximum Gasteiger partial charge on any atom is 0.0186 e. The van der Waals surface area contributed by atoms with E-state index in [2.05, 4.69) is 66.7 Å². The van der Waals surface area contributed by atoms with Crippen molar-refractivity contribution < 1.29 is 0 Å². The number of rotatable bonds is 2. The van der Waals surface area contributed by atoms with Crippen molar-refractivity contribution >= 4 is 11.8 Å². The Morgan fingerprint density at radius 2 is 1.00 bits per heavy atom. The molecule has 20 heavy (non-hydrogen) atoms. The maximum atomic E-state index is 2.30. The van der Waals surface area contributed by atoms with Gasteiger partial charge in [0.1, 0.15) is 0 Å². The van der Waals surface area contributed by atoms with E-state index in [1.807, 2.05) is 11.8 Å². The zero-order valence-corrected chi connectivity index (χ0v) is 14.5. The molecule has 0 aliphatic rings. The zero-order valence-electron chi connectivity index (χ0n) is 13.6. The number of benzene rings is 2. The van der Waals surface area contributed by atoms with E-state index < -0.39 is 0 Å². The van der Waals surface area contributed by atoms with Gasteiger partial charge in [0, 0.05) is 9.79 Å². The summed E-state index contributed by atoms with van der Waals surface area (Å²) >= 11 is 1.93. The highest BCUT2D eigenvalue weighted by Crippen LogP contribution is 2.39. The van der Waals surface area contributed by atoms with Gasteiger partial charge in [0.25, 0.3) is 0 Å². The minimum absolute atomic E-state index is 1.35. The first-order valence-electron chi connectivity index (χ1n) is 7.14. The Kier molecular flexibility index (Phi) is 4.29. The average molecular weight is 284 g/mol. The van der Waals surface area contributed by atoms with Gasteiger partial charge in [-0.1, -0.05) is 35.5 Å². The Balaban J connectivity index is 2.56. The summed E-state index contributed by atoms with van der Waals surface area (Å²) in [6, 6.07) is 6.86. The maximum absolute atomic E-state index is 2.30. The molecule has 0 saturated carbocycles. The van der Waals surface area contributed by atoms with Crippen LogP contribution in [0.25, 0.3) is 0 Å². The van der Waals surface area contributed by atoms with Crippen LogP contribution in [-0.4, -0.2) is 0 Å². The second-order valence-electron chi connectivity index (χ2n) is 5.92. The average Bonchev–Trinajstić information content (AvgIpc) is 2.34. The van der Waals surface area contributed by atoms with Crippen LogP contribution >= 0.6 is 11.8 Å². The number of aryl methyl sites for hydroxylation is 5. The SMILES string of the molecule is Cc1cc(C)c(Sc2c(C)c(C)cc(C)c2C)c(C)c1. The van der Waals surface area contributed by atoms with Gasteiger partial charge in [-0.25, -0.2) is 0 Å². The van der Waals surface area contributed by atoms with Crippen LogP contribution in [-0.2, 0) is 0 Å². The first-order valence-corrected chi connectivity index (χ1v) is 7.96. The highest BCUT2D eigenvalue weighted by Gasteiger charge is 2.13. The lowest BCUT2D eigenvalue weighted by atomic mass is 10.0. The molecule has 1 heteroatoms. The van der Waals surface area contributed by atoms with Gasteiger partial charge in [0.15, 0.2) is 0 Å². The second-order valence-corrected chi connectivity index (χ2v) is 6.94. The number of hydrogen-bond donors (Lipinski definition) is 0. The van der Waals surface area contributed by atoms with Crippen molar-refractivity contribution in [2.45, 2.75) is 58.3 Å². The summed E-state index contributed by atoms with van der Waals surface area (Å²) in [7, 11) is 0. The van der Waals surface area contributed by atoms with Crippen molar-refractivity contribution in [2.75, 3.05) is 0 Å². The van der Waals surface area contributed by atoms with Crippen LogP contribution in [0.3, 0.4) is 0 Å². The van der Waals surface area contributed by atoms with Crippen molar-refractivity contribution in [2.24, 2.45) is 0 Å². The molecular weight excluding hydrogens is 260 g/mol. The Morgan fingerprint density at radius 1 is 0.550 bits per heavy atom. The van der Waals surface area contributed by atoms with E-state index in [4.69, 9.17) is 0 Å². The summed E-state index contributed by atoms with van der Waals surface area (Å²) < 4.78 is 0. The first kappa shape index (κ1) is 15.2. The van der Waals surface area contributed by atoms with E-state index in [0.29, 0.717) is 0 Å². The van der Waals surface area contributed by atoms with Crippen LogP contribution in [0.1, 0.15) is 38.9 Å². The summed E-state index contributed by atoms with van der Waals surface area (Å²) in [6.07, 6.45) is 0. The van der Waals surface area contributed by atoms with Crippen molar-refractivity contribution in [3.05, 3.63) is 57.1 Å². The minimum Gasteiger partial charge on any atom is -0.0890 e. The van der Waals surface area contributed by atoms with E-state index in [0.717, 1.165) is 0 Å². The lowest BCUT2D eigenvalue weighted by Crippen LogP contribution is -1.95. The Bertz CT molecular complexity index is 617. The molecule has 0 saturated heterocycles. The molecule has 106 valence electrons. The highest BCUT2D eigenvalue weighted by atomic mass is 32.2. The zero-order chi connectivity index (χ0) is 15.0. The summed E-state index contributed by atoms with van der Waals surface area (Å²) in [5.74, 6) is 0. The molecule has 0 fully saturated rings. The molecule has 0 N–H and O–H groups in total. The second kappa shape index (κ2) is 5.65. The molecule has 0 nitrogen and oxygen atoms in total. The summed E-state index contributed by atoms with van der Waals surface area (Å²) in [5, 5.41) is 0.